The zero-order chi connectivity index (χ0) is 20.8. The molecule has 0 atom stereocenters. The van der Waals surface area contributed by atoms with Crippen LogP contribution in [0.2, 0.25) is 0 Å². The van der Waals surface area contributed by atoms with Crippen LogP contribution in [-0.2, 0) is 12.8 Å². The van der Waals surface area contributed by atoms with Gasteiger partial charge in [-0.1, -0.05) is 44.0 Å². The van der Waals surface area contributed by atoms with E-state index < -0.39 is 0 Å². The van der Waals surface area contributed by atoms with Crippen molar-refractivity contribution >= 4 is 54.4 Å². The molecule has 2 heterocycles. The van der Waals surface area contributed by atoms with Crippen molar-refractivity contribution in [1.82, 2.24) is 4.98 Å². The molecule has 2 aromatic carbocycles. The van der Waals surface area contributed by atoms with E-state index >= 15 is 0 Å². The highest BCUT2D eigenvalue weighted by Crippen LogP contribution is 2.42. The molecule has 0 radical (unpaired) electrons. The van der Waals surface area contributed by atoms with E-state index in [0.717, 1.165) is 56.8 Å². The normalized spacial score (nSPS) is 13.4. The van der Waals surface area contributed by atoms with Crippen molar-refractivity contribution in [2.45, 2.75) is 25.7 Å². The van der Waals surface area contributed by atoms with Crippen molar-refractivity contribution in [3.63, 3.8) is 0 Å². The molecule has 0 bridgehead atoms. The molecule has 6 heteroatoms. The van der Waals surface area contributed by atoms with E-state index in [4.69, 9.17) is 15.1 Å². The van der Waals surface area contributed by atoms with Gasteiger partial charge in [0, 0.05) is 25.8 Å². The van der Waals surface area contributed by atoms with Crippen molar-refractivity contribution in [2.24, 2.45) is 0 Å². The van der Waals surface area contributed by atoms with Crippen LogP contribution in [0.5, 0.6) is 0 Å². The number of furan rings is 1. The summed E-state index contributed by atoms with van der Waals surface area (Å²) in [5.74, 6) is -0.0849. The van der Waals surface area contributed by atoms with Gasteiger partial charge in [0.25, 0.3) is 0 Å². The van der Waals surface area contributed by atoms with Gasteiger partial charge in [-0.2, -0.15) is 0 Å². The number of rotatable bonds is 3. The Kier molecular flexibility index (Phi) is 4.99. The molecule has 5 rings (SSSR count). The number of hydrogen-bond acceptors (Lipinski definition) is 4. The molecule has 0 amide bonds. The largest absolute Gasteiger partial charge is 0.432 e. The molecule has 150 valence electrons. The number of aryl methyl sites for hydroxylation is 1. The SMILES string of the molecule is Nc1c(C(=O)c2ccc(Br)cc2)oc2nc3c(c(-c4ccc(Br)cc4)c12)CCCC3. The average Bonchev–Trinajstić information content (AvgIpc) is 3.09. The highest BCUT2D eigenvalue weighted by Gasteiger charge is 2.27. The van der Waals surface area contributed by atoms with Crippen LogP contribution in [0.15, 0.2) is 61.9 Å². The summed E-state index contributed by atoms with van der Waals surface area (Å²) in [6, 6.07) is 15.3. The molecule has 1 aliphatic carbocycles. The third kappa shape index (κ3) is 3.28. The Morgan fingerprint density at radius 2 is 1.57 bits per heavy atom. The van der Waals surface area contributed by atoms with E-state index in [1.165, 1.54) is 5.56 Å². The van der Waals surface area contributed by atoms with Crippen LogP contribution in [0.1, 0.15) is 40.2 Å². The smallest absolute Gasteiger partial charge is 0.230 e. The first-order valence-electron chi connectivity index (χ1n) is 9.83. The van der Waals surface area contributed by atoms with Crippen LogP contribution in [-0.4, -0.2) is 10.8 Å². The predicted molar refractivity (Wildman–Crippen MR) is 126 cm³/mol. The van der Waals surface area contributed by atoms with Gasteiger partial charge in [-0.15, -0.1) is 0 Å². The molecule has 2 aromatic heterocycles. The number of nitrogens with zero attached hydrogens (tertiary/aromatic N) is 1. The van der Waals surface area contributed by atoms with Crippen LogP contribution in [0.4, 0.5) is 5.69 Å². The minimum absolute atomic E-state index is 0.153. The van der Waals surface area contributed by atoms with Gasteiger partial charge in [0.05, 0.1) is 11.1 Å². The van der Waals surface area contributed by atoms with Gasteiger partial charge in [-0.3, -0.25) is 4.79 Å². The lowest BCUT2D eigenvalue weighted by Crippen LogP contribution is -2.08. The first-order chi connectivity index (χ1) is 14.5. The monoisotopic (exact) mass is 524 g/mol. The molecule has 0 aliphatic heterocycles. The first-order valence-corrected chi connectivity index (χ1v) is 11.4. The first kappa shape index (κ1) is 19.5. The molecule has 0 saturated carbocycles. The maximum atomic E-state index is 13.1. The molecule has 0 saturated heterocycles. The number of halogens is 2. The van der Waals surface area contributed by atoms with Gasteiger partial charge in [-0.25, -0.2) is 4.98 Å². The maximum absolute atomic E-state index is 13.1. The standard InChI is InChI=1S/C24H18Br2N2O2/c25-15-9-5-13(6-10-15)19-17-3-1-2-4-18(17)28-24-20(19)21(27)23(30-24)22(29)14-7-11-16(26)12-8-14/h5-12H,1-4,27H2. The second-order valence-electron chi connectivity index (χ2n) is 7.49. The third-order valence-electron chi connectivity index (χ3n) is 5.60. The van der Waals surface area contributed by atoms with Crippen LogP contribution < -0.4 is 5.73 Å². The molecule has 4 nitrogen and oxygen atoms in total. The molecular weight excluding hydrogens is 508 g/mol. The number of aromatic nitrogens is 1. The lowest BCUT2D eigenvalue weighted by Gasteiger charge is -2.19. The average molecular weight is 526 g/mol. The molecule has 4 aromatic rings. The Balaban J connectivity index is 1.76. The van der Waals surface area contributed by atoms with E-state index in [1.54, 1.807) is 12.1 Å². The number of nitrogen functional groups attached to an aromatic ring is 1. The zero-order valence-corrected chi connectivity index (χ0v) is 19.2. The summed E-state index contributed by atoms with van der Waals surface area (Å²) in [5.41, 5.74) is 12.2. The summed E-state index contributed by atoms with van der Waals surface area (Å²) < 4.78 is 7.91. The minimum atomic E-state index is -0.238. The van der Waals surface area contributed by atoms with E-state index in [2.05, 4.69) is 44.0 Å². The van der Waals surface area contributed by atoms with Crippen LogP contribution in [0.25, 0.3) is 22.2 Å². The topological polar surface area (TPSA) is 69.1 Å². The Morgan fingerprint density at radius 3 is 2.27 bits per heavy atom. The molecule has 30 heavy (non-hydrogen) atoms. The summed E-state index contributed by atoms with van der Waals surface area (Å²) >= 11 is 6.91. The van der Waals surface area contributed by atoms with E-state index in [1.807, 2.05) is 24.3 Å². The number of ketones is 1. The van der Waals surface area contributed by atoms with Gasteiger partial charge in [-0.05, 0) is 73.2 Å². The Bertz CT molecular complexity index is 1280. The van der Waals surface area contributed by atoms with Gasteiger partial charge in [0.15, 0.2) is 0 Å². The maximum Gasteiger partial charge on any atom is 0.230 e. The second-order valence-corrected chi connectivity index (χ2v) is 9.32. The quantitative estimate of drug-likeness (QED) is 0.302. The fraction of sp³-hybridized carbons (Fsp3) is 0.167. The Morgan fingerprint density at radius 1 is 0.933 bits per heavy atom. The van der Waals surface area contributed by atoms with Crippen molar-refractivity contribution in [2.75, 3.05) is 5.73 Å². The third-order valence-corrected chi connectivity index (χ3v) is 6.66. The number of fused-ring (bicyclic) bond motifs is 2. The highest BCUT2D eigenvalue weighted by molar-refractivity contribution is 9.10. The fourth-order valence-corrected chi connectivity index (χ4v) is 4.67. The van der Waals surface area contributed by atoms with Crippen molar-refractivity contribution in [1.29, 1.82) is 0 Å². The molecule has 0 fully saturated rings. The predicted octanol–water partition coefficient (Wildman–Crippen LogP) is 6.71. The van der Waals surface area contributed by atoms with E-state index in [0.29, 0.717) is 17.0 Å². The summed E-state index contributed by atoms with van der Waals surface area (Å²) in [5, 5.41) is 0.735. The van der Waals surface area contributed by atoms with Crippen molar-refractivity contribution < 1.29 is 9.21 Å². The van der Waals surface area contributed by atoms with Gasteiger partial charge in [0.2, 0.25) is 17.3 Å². The van der Waals surface area contributed by atoms with Crippen LogP contribution in [0.3, 0.4) is 0 Å². The van der Waals surface area contributed by atoms with E-state index in [-0.39, 0.29) is 11.5 Å². The second kappa shape index (κ2) is 7.67. The number of pyridine rings is 1. The van der Waals surface area contributed by atoms with Gasteiger partial charge < -0.3 is 10.2 Å². The number of benzene rings is 2. The lowest BCUT2D eigenvalue weighted by atomic mass is 9.87. The Hall–Kier alpha value is -2.44. The fourth-order valence-electron chi connectivity index (χ4n) is 4.14. The van der Waals surface area contributed by atoms with Crippen LogP contribution in [0, 0.1) is 0 Å². The number of carbonyl (C=O) groups excluding carboxylic acids is 1. The Labute approximate surface area is 190 Å². The number of hydrogen-bond donors (Lipinski definition) is 1. The molecule has 1 aliphatic rings. The minimum Gasteiger partial charge on any atom is -0.432 e. The van der Waals surface area contributed by atoms with Gasteiger partial charge >= 0.3 is 0 Å². The highest BCUT2D eigenvalue weighted by atomic mass is 79.9. The summed E-state index contributed by atoms with van der Waals surface area (Å²) in [6.45, 7) is 0. The summed E-state index contributed by atoms with van der Waals surface area (Å²) in [4.78, 5) is 17.9. The zero-order valence-electron chi connectivity index (χ0n) is 16.0. The number of nitrogens with two attached hydrogens (primary N) is 1. The molecule has 0 unspecified atom stereocenters. The van der Waals surface area contributed by atoms with Crippen molar-refractivity contribution in [3.8, 4) is 11.1 Å². The lowest BCUT2D eigenvalue weighted by molar-refractivity contribution is 0.101. The summed E-state index contributed by atoms with van der Waals surface area (Å²) in [7, 11) is 0. The number of anilines is 1. The van der Waals surface area contributed by atoms with Crippen LogP contribution >= 0.6 is 31.9 Å². The van der Waals surface area contributed by atoms with Gasteiger partial charge in [0.1, 0.15) is 0 Å². The molecule has 2 N–H and O–H groups in total. The van der Waals surface area contributed by atoms with Crippen molar-refractivity contribution in [3.05, 3.63) is 80.1 Å². The molecule has 0 spiro atoms. The molecular formula is C24H18Br2N2O2. The summed E-state index contributed by atoms with van der Waals surface area (Å²) in [6.07, 6.45) is 4.08. The number of carbonyl (C=O) groups is 1. The van der Waals surface area contributed by atoms with E-state index in [9.17, 15) is 4.79 Å².